The van der Waals surface area contributed by atoms with Crippen molar-refractivity contribution in [2.45, 2.75) is 0 Å². The van der Waals surface area contributed by atoms with Crippen LogP contribution in [0.2, 0.25) is 10.0 Å². The van der Waals surface area contributed by atoms with E-state index in [1.807, 2.05) is 6.07 Å². The van der Waals surface area contributed by atoms with Crippen LogP contribution in [-0.4, -0.2) is 11.3 Å². The van der Waals surface area contributed by atoms with Crippen LogP contribution in [0, 0.1) is 0 Å². The van der Waals surface area contributed by atoms with Gasteiger partial charge in [0.15, 0.2) is 6.29 Å². The van der Waals surface area contributed by atoms with E-state index in [9.17, 15) is 4.79 Å². The summed E-state index contributed by atoms with van der Waals surface area (Å²) in [7, 11) is 0. The van der Waals surface area contributed by atoms with Crippen molar-refractivity contribution in [1.82, 2.24) is 4.98 Å². The summed E-state index contributed by atoms with van der Waals surface area (Å²) >= 11 is 11.8. The molecule has 4 heteroatoms. The molecule has 0 aliphatic rings. The summed E-state index contributed by atoms with van der Waals surface area (Å²) in [6, 6.07) is 6.94. The Labute approximate surface area is 90.5 Å². The van der Waals surface area contributed by atoms with Gasteiger partial charge in [-0.15, -0.1) is 0 Å². The third-order valence-corrected chi connectivity index (χ3v) is 2.69. The van der Waals surface area contributed by atoms with Crippen LogP contribution in [0.3, 0.4) is 0 Å². The largest absolute Gasteiger partial charge is 0.296 e. The second-order valence-corrected chi connectivity index (χ2v) is 3.57. The van der Waals surface area contributed by atoms with Crippen molar-refractivity contribution in [3.8, 4) is 0 Å². The summed E-state index contributed by atoms with van der Waals surface area (Å²) < 4.78 is 0. The minimum atomic E-state index is 0.349. The number of nitrogens with zero attached hydrogens (tertiary/aromatic N) is 1. The van der Waals surface area contributed by atoms with E-state index in [2.05, 4.69) is 4.98 Å². The molecule has 0 radical (unpaired) electrons. The van der Waals surface area contributed by atoms with Crippen LogP contribution < -0.4 is 0 Å². The molecule has 0 saturated carbocycles. The number of carbonyl (C=O) groups excluding carboxylic acids is 1. The molecule has 0 amide bonds. The zero-order chi connectivity index (χ0) is 10.1. The lowest BCUT2D eigenvalue weighted by Crippen LogP contribution is -1.88. The van der Waals surface area contributed by atoms with Gasteiger partial charge in [-0.25, -0.2) is 4.98 Å². The number of hydrogen-bond donors (Lipinski definition) is 0. The predicted molar refractivity (Wildman–Crippen MR) is 57.2 cm³/mol. The molecule has 0 atom stereocenters. The van der Waals surface area contributed by atoms with Crippen LogP contribution in [-0.2, 0) is 0 Å². The van der Waals surface area contributed by atoms with Gasteiger partial charge < -0.3 is 0 Å². The normalized spacial score (nSPS) is 10.4. The van der Waals surface area contributed by atoms with Crippen LogP contribution in [0.5, 0.6) is 0 Å². The van der Waals surface area contributed by atoms with Crippen molar-refractivity contribution in [3.63, 3.8) is 0 Å². The van der Waals surface area contributed by atoms with Crippen LogP contribution >= 0.6 is 23.2 Å². The Morgan fingerprint density at radius 1 is 1.14 bits per heavy atom. The summed E-state index contributed by atoms with van der Waals surface area (Å²) in [5.74, 6) is 0. The summed E-state index contributed by atoms with van der Waals surface area (Å²) in [5.41, 5.74) is 0.908. The lowest BCUT2D eigenvalue weighted by Gasteiger charge is -2.01. The summed E-state index contributed by atoms with van der Waals surface area (Å²) in [6.45, 7) is 0. The van der Waals surface area contributed by atoms with Crippen molar-refractivity contribution in [2.75, 3.05) is 0 Å². The first kappa shape index (κ1) is 9.44. The molecule has 0 unspecified atom stereocenters. The number of fused-ring (bicyclic) bond motifs is 1. The molecule has 1 heterocycles. The van der Waals surface area contributed by atoms with Crippen LogP contribution in [0.15, 0.2) is 24.3 Å². The Kier molecular flexibility index (Phi) is 2.40. The average molecular weight is 226 g/mol. The maximum Gasteiger partial charge on any atom is 0.168 e. The number of pyridine rings is 1. The molecule has 0 N–H and O–H groups in total. The van der Waals surface area contributed by atoms with Gasteiger partial charge in [-0.3, -0.25) is 4.79 Å². The number of aromatic nitrogens is 1. The molecule has 2 nitrogen and oxygen atoms in total. The third kappa shape index (κ3) is 1.47. The fourth-order valence-corrected chi connectivity index (χ4v) is 1.58. The Balaban J connectivity index is 2.84. The molecule has 14 heavy (non-hydrogen) atoms. The van der Waals surface area contributed by atoms with Crippen molar-refractivity contribution in [1.29, 1.82) is 0 Å². The molecule has 0 spiro atoms. The Morgan fingerprint density at radius 2 is 1.86 bits per heavy atom. The number of aldehydes is 1. The summed E-state index contributed by atoms with van der Waals surface area (Å²) in [6.07, 6.45) is 0.677. The topological polar surface area (TPSA) is 30.0 Å². The molecular weight excluding hydrogens is 221 g/mol. The van der Waals surface area contributed by atoms with Gasteiger partial charge in [0.1, 0.15) is 5.69 Å². The van der Waals surface area contributed by atoms with Crippen molar-refractivity contribution in [3.05, 3.63) is 40.0 Å². The van der Waals surface area contributed by atoms with Crippen LogP contribution in [0.4, 0.5) is 0 Å². The van der Waals surface area contributed by atoms with Crippen molar-refractivity contribution >= 4 is 40.4 Å². The smallest absolute Gasteiger partial charge is 0.168 e. The average Bonchev–Trinajstić information content (AvgIpc) is 2.23. The predicted octanol–water partition coefficient (Wildman–Crippen LogP) is 3.35. The quantitative estimate of drug-likeness (QED) is 0.698. The lowest BCUT2D eigenvalue weighted by atomic mass is 10.2. The highest BCUT2D eigenvalue weighted by Crippen LogP contribution is 2.29. The first-order valence-electron chi connectivity index (χ1n) is 3.92. The minimum Gasteiger partial charge on any atom is -0.296 e. The lowest BCUT2D eigenvalue weighted by molar-refractivity contribution is 0.111. The van der Waals surface area contributed by atoms with Crippen LogP contribution in [0.1, 0.15) is 10.5 Å². The zero-order valence-electron chi connectivity index (χ0n) is 7.00. The van der Waals surface area contributed by atoms with E-state index < -0.39 is 0 Å². The zero-order valence-corrected chi connectivity index (χ0v) is 8.51. The van der Waals surface area contributed by atoms with E-state index in [1.165, 1.54) is 0 Å². The Hall–Kier alpha value is -1.12. The number of benzene rings is 1. The summed E-state index contributed by atoms with van der Waals surface area (Å²) in [5, 5.41) is 1.69. The first-order valence-corrected chi connectivity index (χ1v) is 4.68. The van der Waals surface area contributed by atoms with Gasteiger partial charge in [0.2, 0.25) is 0 Å². The second kappa shape index (κ2) is 3.56. The molecule has 0 aliphatic heterocycles. The highest BCUT2D eigenvalue weighted by molar-refractivity contribution is 6.45. The van der Waals surface area contributed by atoms with E-state index >= 15 is 0 Å². The van der Waals surface area contributed by atoms with Gasteiger partial charge in [-0.05, 0) is 12.1 Å². The molecule has 1 aromatic heterocycles. The molecule has 0 fully saturated rings. The van der Waals surface area contributed by atoms with Gasteiger partial charge in [-0.1, -0.05) is 35.3 Å². The van der Waals surface area contributed by atoms with E-state index in [4.69, 9.17) is 23.2 Å². The number of carbonyl (C=O) groups is 1. The molecular formula is C10H5Cl2NO. The second-order valence-electron chi connectivity index (χ2n) is 2.79. The number of rotatable bonds is 1. The number of hydrogen-bond acceptors (Lipinski definition) is 2. The highest BCUT2D eigenvalue weighted by atomic mass is 35.5. The first-order chi connectivity index (χ1) is 6.72. The molecule has 0 saturated heterocycles. The Bertz CT molecular complexity index is 511. The molecule has 2 aromatic rings. The minimum absolute atomic E-state index is 0.349. The monoisotopic (exact) mass is 225 g/mol. The molecule has 2 rings (SSSR count). The van der Waals surface area contributed by atoms with Gasteiger partial charge in [0.05, 0.1) is 15.6 Å². The van der Waals surface area contributed by atoms with E-state index in [-0.39, 0.29) is 0 Å². The van der Waals surface area contributed by atoms with Crippen molar-refractivity contribution < 1.29 is 4.79 Å². The highest BCUT2D eigenvalue weighted by Gasteiger charge is 2.05. The van der Waals surface area contributed by atoms with Gasteiger partial charge in [0.25, 0.3) is 0 Å². The molecule has 0 aliphatic carbocycles. The van der Waals surface area contributed by atoms with Gasteiger partial charge >= 0.3 is 0 Å². The van der Waals surface area contributed by atoms with E-state index in [0.717, 1.165) is 5.39 Å². The number of halogens is 2. The van der Waals surface area contributed by atoms with Gasteiger partial charge in [-0.2, -0.15) is 0 Å². The summed E-state index contributed by atoms with van der Waals surface area (Å²) in [4.78, 5) is 14.6. The van der Waals surface area contributed by atoms with E-state index in [1.54, 1.807) is 18.2 Å². The molecule has 1 aromatic carbocycles. The maximum atomic E-state index is 10.5. The Morgan fingerprint density at radius 3 is 2.57 bits per heavy atom. The molecule has 0 bridgehead atoms. The van der Waals surface area contributed by atoms with Crippen molar-refractivity contribution in [2.24, 2.45) is 0 Å². The fraction of sp³-hybridized carbons (Fsp3) is 0. The standard InChI is InChI=1S/C10H5Cl2NO/c11-8-4-2-6-1-3-7(5-14)13-10(6)9(8)12/h1-5H. The van der Waals surface area contributed by atoms with Crippen LogP contribution in [0.25, 0.3) is 10.9 Å². The SMILES string of the molecule is O=Cc1ccc2ccc(Cl)c(Cl)c2n1. The maximum absolute atomic E-state index is 10.5. The van der Waals surface area contributed by atoms with Gasteiger partial charge in [0, 0.05) is 5.39 Å². The fourth-order valence-electron chi connectivity index (χ4n) is 1.21. The van der Waals surface area contributed by atoms with E-state index in [0.29, 0.717) is 27.5 Å². The molecule has 70 valence electrons. The third-order valence-electron chi connectivity index (χ3n) is 1.90.